The molecule has 2 aromatic rings. The highest BCUT2D eigenvalue weighted by Crippen LogP contribution is 2.30. The van der Waals surface area contributed by atoms with Crippen LogP contribution in [0, 0.1) is 0 Å². The lowest BCUT2D eigenvalue weighted by Gasteiger charge is -2.16. The molecule has 4 nitrogen and oxygen atoms in total. The summed E-state index contributed by atoms with van der Waals surface area (Å²) in [4.78, 5) is 16.0. The normalized spacial score (nSPS) is 11.5. The summed E-state index contributed by atoms with van der Waals surface area (Å²) in [6.45, 7) is 8.66. The maximum Gasteiger partial charge on any atom is 0.419 e. The monoisotopic (exact) mass is 260 g/mol. The number of hydrogen-bond donors (Lipinski definition) is 0. The fourth-order valence-electron chi connectivity index (χ4n) is 2.33. The molecule has 1 aromatic carbocycles. The largest absolute Gasteiger partial charge is 0.452 e. The van der Waals surface area contributed by atoms with Gasteiger partial charge in [0.05, 0.1) is 18.1 Å². The molecule has 102 valence electrons. The molecule has 0 atom stereocenters. The zero-order valence-corrected chi connectivity index (χ0v) is 12.1. The van der Waals surface area contributed by atoms with Crippen LogP contribution in [0.3, 0.4) is 0 Å². The second-order valence-electron chi connectivity index (χ2n) is 5.36. The van der Waals surface area contributed by atoms with Crippen molar-refractivity contribution in [2.24, 2.45) is 0 Å². The van der Waals surface area contributed by atoms with Crippen LogP contribution in [-0.4, -0.2) is 22.8 Å². The summed E-state index contributed by atoms with van der Waals surface area (Å²) >= 11 is 0. The highest BCUT2D eigenvalue weighted by Gasteiger charge is 2.16. The number of imidazole rings is 1. The van der Waals surface area contributed by atoms with E-state index in [9.17, 15) is 4.79 Å². The van der Waals surface area contributed by atoms with E-state index in [1.165, 1.54) is 29.1 Å². The SMILES string of the molecule is COC(=O)n1cnc2cc(C(C)C)c(C(C)C)cc21. The number of carbonyl (C=O) groups excluding carboxylic acids is 1. The van der Waals surface area contributed by atoms with E-state index in [1.54, 1.807) is 0 Å². The average Bonchev–Trinajstić information content (AvgIpc) is 2.78. The first kappa shape index (κ1) is 13.6. The number of carbonyl (C=O) groups is 1. The van der Waals surface area contributed by atoms with Gasteiger partial charge < -0.3 is 4.74 Å². The minimum atomic E-state index is -0.408. The van der Waals surface area contributed by atoms with Crippen molar-refractivity contribution < 1.29 is 9.53 Å². The molecule has 0 amide bonds. The van der Waals surface area contributed by atoms with E-state index in [2.05, 4.69) is 44.8 Å². The predicted octanol–water partition coefficient (Wildman–Crippen LogP) is 3.90. The number of hydrogen-bond acceptors (Lipinski definition) is 3. The maximum absolute atomic E-state index is 11.7. The Balaban J connectivity index is 2.70. The third-order valence-corrected chi connectivity index (χ3v) is 3.37. The molecule has 0 saturated heterocycles. The number of benzene rings is 1. The number of ether oxygens (including phenoxy) is 1. The van der Waals surface area contributed by atoms with Crippen molar-refractivity contribution in [1.29, 1.82) is 0 Å². The van der Waals surface area contributed by atoms with Crippen molar-refractivity contribution in [2.75, 3.05) is 7.11 Å². The van der Waals surface area contributed by atoms with Gasteiger partial charge in [0.2, 0.25) is 0 Å². The van der Waals surface area contributed by atoms with Crippen molar-refractivity contribution in [1.82, 2.24) is 9.55 Å². The molecule has 2 rings (SSSR count). The molecule has 19 heavy (non-hydrogen) atoms. The standard InChI is InChI=1S/C15H20N2O2/c1-9(2)11-6-13-14(7-12(11)10(3)4)17(8-16-13)15(18)19-5/h6-10H,1-5H3. The Kier molecular flexibility index (Phi) is 3.60. The van der Waals surface area contributed by atoms with Gasteiger partial charge in [0.25, 0.3) is 0 Å². The fourth-order valence-corrected chi connectivity index (χ4v) is 2.33. The second-order valence-corrected chi connectivity index (χ2v) is 5.36. The Bertz CT molecular complexity index is 612. The Morgan fingerprint density at radius 1 is 1.16 bits per heavy atom. The van der Waals surface area contributed by atoms with E-state index in [0.717, 1.165) is 11.0 Å². The van der Waals surface area contributed by atoms with E-state index >= 15 is 0 Å². The van der Waals surface area contributed by atoms with Crippen molar-refractivity contribution in [3.05, 3.63) is 29.6 Å². The minimum absolute atomic E-state index is 0.405. The van der Waals surface area contributed by atoms with Crippen molar-refractivity contribution >= 4 is 17.1 Å². The summed E-state index contributed by atoms with van der Waals surface area (Å²) in [5.41, 5.74) is 4.18. The molecule has 0 fully saturated rings. The molecular weight excluding hydrogens is 240 g/mol. The van der Waals surface area contributed by atoms with Gasteiger partial charge in [0, 0.05) is 0 Å². The van der Waals surface area contributed by atoms with Gasteiger partial charge in [-0.15, -0.1) is 0 Å². The van der Waals surface area contributed by atoms with E-state index in [4.69, 9.17) is 4.74 Å². The zero-order chi connectivity index (χ0) is 14.2. The molecule has 4 heteroatoms. The van der Waals surface area contributed by atoms with Crippen LogP contribution in [0.25, 0.3) is 11.0 Å². The van der Waals surface area contributed by atoms with Gasteiger partial charge >= 0.3 is 6.09 Å². The number of rotatable bonds is 2. The van der Waals surface area contributed by atoms with E-state index < -0.39 is 6.09 Å². The first-order valence-electron chi connectivity index (χ1n) is 6.55. The molecule has 0 aliphatic rings. The van der Waals surface area contributed by atoms with E-state index in [-0.39, 0.29) is 0 Å². The summed E-state index contributed by atoms with van der Waals surface area (Å²) < 4.78 is 6.21. The topological polar surface area (TPSA) is 44.1 Å². The molecule has 0 aliphatic carbocycles. The van der Waals surface area contributed by atoms with Gasteiger partial charge in [0.1, 0.15) is 6.33 Å². The predicted molar refractivity (Wildman–Crippen MR) is 75.7 cm³/mol. The first-order chi connectivity index (χ1) is 8.95. The maximum atomic E-state index is 11.7. The molecule has 0 unspecified atom stereocenters. The van der Waals surface area contributed by atoms with Crippen LogP contribution in [0.4, 0.5) is 4.79 Å². The van der Waals surface area contributed by atoms with Gasteiger partial charge in [-0.05, 0) is 35.1 Å². The van der Waals surface area contributed by atoms with E-state index in [0.29, 0.717) is 11.8 Å². The van der Waals surface area contributed by atoms with Crippen molar-refractivity contribution in [3.8, 4) is 0 Å². The molecule has 0 spiro atoms. The fraction of sp³-hybridized carbons (Fsp3) is 0.467. The lowest BCUT2D eigenvalue weighted by molar-refractivity contribution is 0.174. The Morgan fingerprint density at radius 2 is 1.74 bits per heavy atom. The van der Waals surface area contributed by atoms with Gasteiger partial charge in [-0.2, -0.15) is 0 Å². The number of fused-ring (bicyclic) bond motifs is 1. The number of aromatic nitrogens is 2. The van der Waals surface area contributed by atoms with Crippen LogP contribution < -0.4 is 0 Å². The number of nitrogens with zero attached hydrogens (tertiary/aromatic N) is 2. The van der Waals surface area contributed by atoms with Crippen molar-refractivity contribution in [2.45, 2.75) is 39.5 Å². The Labute approximate surface area is 113 Å². The van der Waals surface area contributed by atoms with Gasteiger partial charge in [-0.3, -0.25) is 0 Å². The summed E-state index contributed by atoms with van der Waals surface area (Å²) in [5.74, 6) is 0.841. The number of methoxy groups -OCH3 is 1. The quantitative estimate of drug-likeness (QED) is 0.822. The van der Waals surface area contributed by atoms with Crippen LogP contribution >= 0.6 is 0 Å². The van der Waals surface area contributed by atoms with E-state index in [1.807, 2.05) is 0 Å². The third kappa shape index (κ3) is 2.35. The molecule has 1 aromatic heterocycles. The molecule has 0 radical (unpaired) electrons. The third-order valence-electron chi connectivity index (χ3n) is 3.37. The summed E-state index contributed by atoms with van der Waals surface area (Å²) in [6, 6.07) is 4.13. The summed E-state index contributed by atoms with van der Waals surface area (Å²) in [7, 11) is 1.38. The van der Waals surface area contributed by atoms with Gasteiger partial charge in [-0.1, -0.05) is 27.7 Å². The Morgan fingerprint density at radius 3 is 2.26 bits per heavy atom. The molecule has 0 aliphatic heterocycles. The average molecular weight is 260 g/mol. The summed E-state index contributed by atoms with van der Waals surface area (Å²) in [6.07, 6.45) is 1.11. The minimum Gasteiger partial charge on any atom is -0.452 e. The van der Waals surface area contributed by atoms with Crippen LogP contribution in [0.5, 0.6) is 0 Å². The summed E-state index contributed by atoms with van der Waals surface area (Å²) in [5, 5.41) is 0. The van der Waals surface area contributed by atoms with Crippen LogP contribution in [0.1, 0.15) is 50.7 Å². The second kappa shape index (κ2) is 5.03. The van der Waals surface area contributed by atoms with Crippen LogP contribution in [0.2, 0.25) is 0 Å². The van der Waals surface area contributed by atoms with Gasteiger partial charge in [0.15, 0.2) is 0 Å². The van der Waals surface area contributed by atoms with Crippen LogP contribution in [-0.2, 0) is 4.74 Å². The van der Waals surface area contributed by atoms with Crippen LogP contribution in [0.15, 0.2) is 18.5 Å². The molecule has 0 bridgehead atoms. The van der Waals surface area contributed by atoms with Crippen molar-refractivity contribution in [3.63, 3.8) is 0 Å². The zero-order valence-electron chi connectivity index (χ0n) is 12.1. The molecule has 1 heterocycles. The first-order valence-corrected chi connectivity index (χ1v) is 6.55. The lowest BCUT2D eigenvalue weighted by atomic mass is 9.90. The molecular formula is C15H20N2O2. The smallest absolute Gasteiger partial charge is 0.419 e. The highest BCUT2D eigenvalue weighted by molar-refractivity contribution is 5.87. The molecule has 0 saturated carbocycles. The van der Waals surface area contributed by atoms with Gasteiger partial charge in [-0.25, -0.2) is 14.3 Å². The lowest BCUT2D eigenvalue weighted by Crippen LogP contribution is -2.10. The highest BCUT2D eigenvalue weighted by atomic mass is 16.5. The molecule has 0 N–H and O–H groups in total. The Hall–Kier alpha value is -1.84.